The molecular formula is C21H20ClN3O. The number of urea groups is 1. The highest BCUT2D eigenvalue weighted by Crippen LogP contribution is 2.24. The lowest BCUT2D eigenvalue weighted by molar-refractivity contribution is 0.252. The van der Waals surface area contributed by atoms with Crippen LogP contribution in [0.4, 0.5) is 21.9 Å². The van der Waals surface area contributed by atoms with Gasteiger partial charge in [-0.1, -0.05) is 48.0 Å². The van der Waals surface area contributed by atoms with Gasteiger partial charge in [0, 0.05) is 35.2 Å². The van der Waals surface area contributed by atoms with Crippen molar-refractivity contribution >= 4 is 34.7 Å². The van der Waals surface area contributed by atoms with E-state index in [0.29, 0.717) is 23.8 Å². The van der Waals surface area contributed by atoms with Gasteiger partial charge in [-0.3, -0.25) is 0 Å². The molecule has 0 aliphatic rings. The fourth-order valence-electron chi connectivity index (χ4n) is 2.61. The van der Waals surface area contributed by atoms with E-state index in [1.807, 2.05) is 36.4 Å². The average molecular weight is 366 g/mol. The maximum absolute atomic E-state index is 12.1. The summed E-state index contributed by atoms with van der Waals surface area (Å²) in [4.78, 5) is 14.2. The van der Waals surface area contributed by atoms with Crippen LogP contribution in [0.1, 0.15) is 0 Å². The molecule has 3 rings (SSSR count). The number of carbonyl (C=O) groups is 1. The second kappa shape index (κ2) is 8.92. The van der Waals surface area contributed by atoms with Crippen LogP contribution in [0.25, 0.3) is 0 Å². The van der Waals surface area contributed by atoms with E-state index >= 15 is 0 Å². The van der Waals surface area contributed by atoms with Gasteiger partial charge in [-0.2, -0.15) is 0 Å². The maximum Gasteiger partial charge on any atom is 0.319 e. The van der Waals surface area contributed by atoms with Gasteiger partial charge >= 0.3 is 6.03 Å². The number of nitrogens with one attached hydrogen (secondary N) is 2. The van der Waals surface area contributed by atoms with Gasteiger partial charge in [-0.15, -0.1) is 0 Å². The van der Waals surface area contributed by atoms with E-state index in [1.165, 1.54) is 0 Å². The summed E-state index contributed by atoms with van der Waals surface area (Å²) in [7, 11) is 0. The molecule has 132 valence electrons. The summed E-state index contributed by atoms with van der Waals surface area (Å²) in [6.45, 7) is 1.16. The highest BCUT2D eigenvalue weighted by Gasteiger charge is 2.09. The fourth-order valence-corrected chi connectivity index (χ4v) is 2.74. The molecule has 0 unspecified atom stereocenters. The largest absolute Gasteiger partial charge is 0.340 e. The number of halogens is 1. The molecule has 0 radical (unpaired) electrons. The SMILES string of the molecule is O=C(NCCN(c1ccccc1)c1ccccc1)Nc1ccc(Cl)cc1. The molecule has 0 saturated heterocycles. The fraction of sp³-hybridized carbons (Fsp3) is 0.0952. The Labute approximate surface area is 158 Å². The number of rotatable bonds is 6. The van der Waals surface area contributed by atoms with Gasteiger partial charge in [0.25, 0.3) is 0 Å². The highest BCUT2D eigenvalue weighted by atomic mass is 35.5. The normalized spacial score (nSPS) is 10.2. The summed E-state index contributed by atoms with van der Waals surface area (Å²) in [6.07, 6.45) is 0. The molecular weight excluding hydrogens is 346 g/mol. The van der Waals surface area contributed by atoms with Gasteiger partial charge in [0.15, 0.2) is 0 Å². The van der Waals surface area contributed by atoms with E-state index < -0.39 is 0 Å². The van der Waals surface area contributed by atoms with Crippen LogP contribution in [0.15, 0.2) is 84.9 Å². The van der Waals surface area contributed by atoms with Gasteiger partial charge < -0.3 is 15.5 Å². The van der Waals surface area contributed by atoms with Crippen LogP contribution in [-0.2, 0) is 0 Å². The standard InChI is InChI=1S/C21H20ClN3O/c22-17-11-13-18(14-12-17)24-21(26)23-15-16-25(19-7-3-1-4-8-19)20-9-5-2-6-10-20/h1-14H,15-16H2,(H2,23,24,26). The Hall–Kier alpha value is -2.98. The molecule has 5 heteroatoms. The van der Waals surface area contributed by atoms with E-state index in [0.717, 1.165) is 11.4 Å². The van der Waals surface area contributed by atoms with Crippen molar-refractivity contribution in [3.8, 4) is 0 Å². The Bertz CT molecular complexity index is 783. The van der Waals surface area contributed by atoms with Crippen LogP contribution in [0.3, 0.4) is 0 Å². The number of hydrogen-bond donors (Lipinski definition) is 2. The van der Waals surface area contributed by atoms with Crippen LogP contribution >= 0.6 is 11.6 Å². The number of carbonyl (C=O) groups excluding carboxylic acids is 1. The molecule has 0 spiro atoms. The summed E-state index contributed by atoms with van der Waals surface area (Å²) in [6, 6.07) is 27.0. The maximum atomic E-state index is 12.1. The predicted molar refractivity (Wildman–Crippen MR) is 108 cm³/mol. The topological polar surface area (TPSA) is 44.4 Å². The second-order valence-corrected chi connectivity index (χ2v) is 6.15. The highest BCUT2D eigenvalue weighted by molar-refractivity contribution is 6.30. The van der Waals surface area contributed by atoms with Gasteiger partial charge in [-0.25, -0.2) is 4.79 Å². The summed E-state index contributed by atoms with van der Waals surface area (Å²) in [5, 5.41) is 6.32. The molecule has 4 nitrogen and oxygen atoms in total. The van der Waals surface area contributed by atoms with Crippen LogP contribution in [0.2, 0.25) is 5.02 Å². The predicted octanol–water partition coefficient (Wildman–Crippen LogP) is 5.30. The van der Waals surface area contributed by atoms with Crippen LogP contribution in [0.5, 0.6) is 0 Å². The van der Waals surface area contributed by atoms with Gasteiger partial charge in [-0.05, 0) is 48.5 Å². The van der Waals surface area contributed by atoms with E-state index in [9.17, 15) is 4.79 Å². The molecule has 2 amide bonds. The summed E-state index contributed by atoms with van der Waals surface area (Å²) in [5.41, 5.74) is 2.87. The van der Waals surface area contributed by atoms with Crippen molar-refractivity contribution < 1.29 is 4.79 Å². The summed E-state index contributed by atoms with van der Waals surface area (Å²) >= 11 is 5.85. The van der Waals surface area contributed by atoms with Gasteiger partial charge in [0.05, 0.1) is 0 Å². The lowest BCUT2D eigenvalue weighted by Crippen LogP contribution is -2.35. The third-order valence-electron chi connectivity index (χ3n) is 3.86. The Kier molecular flexibility index (Phi) is 6.12. The zero-order chi connectivity index (χ0) is 18.2. The zero-order valence-corrected chi connectivity index (χ0v) is 15.0. The molecule has 3 aromatic carbocycles. The summed E-state index contributed by atoms with van der Waals surface area (Å²) < 4.78 is 0. The second-order valence-electron chi connectivity index (χ2n) is 5.71. The number of amides is 2. The minimum absolute atomic E-state index is 0.242. The monoisotopic (exact) mass is 365 g/mol. The van der Waals surface area contributed by atoms with Crippen molar-refractivity contribution in [2.24, 2.45) is 0 Å². The molecule has 2 N–H and O–H groups in total. The number of nitrogens with zero attached hydrogens (tertiary/aromatic N) is 1. The van der Waals surface area contributed by atoms with Crippen molar-refractivity contribution in [2.75, 3.05) is 23.3 Å². The molecule has 0 saturated carbocycles. The Balaban J connectivity index is 1.59. The number of para-hydroxylation sites is 2. The number of anilines is 3. The molecule has 3 aromatic rings. The van der Waals surface area contributed by atoms with Crippen LogP contribution < -0.4 is 15.5 Å². The molecule has 0 fully saturated rings. The Morgan fingerprint density at radius 2 is 1.35 bits per heavy atom. The van der Waals surface area contributed by atoms with Crippen LogP contribution in [0, 0.1) is 0 Å². The molecule has 0 aromatic heterocycles. The molecule has 0 bridgehead atoms. The smallest absolute Gasteiger partial charge is 0.319 e. The van der Waals surface area contributed by atoms with E-state index in [2.05, 4.69) is 39.8 Å². The van der Waals surface area contributed by atoms with E-state index in [4.69, 9.17) is 11.6 Å². The minimum atomic E-state index is -0.242. The Morgan fingerprint density at radius 3 is 1.88 bits per heavy atom. The van der Waals surface area contributed by atoms with Crippen molar-refractivity contribution in [2.45, 2.75) is 0 Å². The third-order valence-corrected chi connectivity index (χ3v) is 4.11. The lowest BCUT2D eigenvalue weighted by atomic mass is 10.2. The van der Waals surface area contributed by atoms with Gasteiger partial charge in [0.2, 0.25) is 0 Å². The third kappa shape index (κ3) is 5.01. The number of hydrogen-bond acceptors (Lipinski definition) is 2. The quantitative estimate of drug-likeness (QED) is 0.622. The first kappa shape index (κ1) is 17.8. The summed E-state index contributed by atoms with van der Waals surface area (Å²) in [5.74, 6) is 0. The van der Waals surface area contributed by atoms with E-state index in [1.54, 1.807) is 24.3 Å². The molecule has 0 aliphatic heterocycles. The van der Waals surface area contributed by atoms with Crippen molar-refractivity contribution in [1.82, 2.24) is 5.32 Å². The first-order valence-corrected chi connectivity index (χ1v) is 8.78. The number of benzene rings is 3. The van der Waals surface area contributed by atoms with Crippen LogP contribution in [-0.4, -0.2) is 19.1 Å². The first-order valence-electron chi connectivity index (χ1n) is 8.40. The molecule has 0 atom stereocenters. The van der Waals surface area contributed by atoms with Crippen molar-refractivity contribution in [1.29, 1.82) is 0 Å². The van der Waals surface area contributed by atoms with E-state index in [-0.39, 0.29) is 6.03 Å². The van der Waals surface area contributed by atoms with Gasteiger partial charge in [0.1, 0.15) is 0 Å². The molecule has 0 heterocycles. The van der Waals surface area contributed by atoms with Crippen molar-refractivity contribution in [3.63, 3.8) is 0 Å². The molecule has 26 heavy (non-hydrogen) atoms. The average Bonchev–Trinajstić information content (AvgIpc) is 2.68. The lowest BCUT2D eigenvalue weighted by Gasteiger charge is -2.25. The zero-order valence-electron chi connectivity index (χ0n) is 14.2. The van der Waals surface area contributed by atoms with Crippen molar-refractivity contribution in [3.05, 3.63) is 90.0 Å². The molecule has 0 aliphatic carbocycles. The Morgan fingerprint density at radius 1 is 0.808 bits per heavy atom. The first-order chi connectivity index (χ1) is 12.7. The minimum Gasteiger partial charge on any atom is -0.340 e.